The number of carbonyl (C=O) groups is 3. The number of hydrogen-bond acceptors (Lipinski definition) is 6. The minimum absolute atomic E-state index is 0.110. The number of urea groups is 1. The number of rotatable bonds is 3. The van der Waals surface area contributed by atoms with Crippen molar-refractivity contribution in [1.29, 1.82) is 0 Å². The van der Waals surface area contributed by atoms with Crippen molar-refractivity contribution in [3.05, 3.63) is 12.0 Å². The Labute approximate surface area is 103 Å². The van der Waals surface area contributed by atoms with Crippen molar-refractivity contribution >= 4 is 17.9 Å². The molecule has 1 rings (SSSR count). The molecule has 1 atom stereocenters. The molecular weight excluding hydrogens is 244 g/mol. The monoisotopic (exact) mass is 258 g/mol. The lowest BCUT2D eigenvalue weighted by Crippen LogP contribution is -2.43. The fraction of sp³-hybridized carbons (Fsp3) is 0.500. The number of esters is 1. The van der Waals surface area contributed by atoms with Crippen LogP contribution in [0.25, 0.3) is 0 Å². The van der Waals surface area contributed by atoms with Crippen LogP contribution in [-0.2, 0) is 23.8 Å². The average Bonchev–Trinajstić information content (AvgIpc) is 2.39. The van der Waals surface area contributed by atoms with Gasteiger partial charge in [0.15, 0.2) is 6.10 Å². The van der Waals surface area contributed by atoms with E-state index in [1.165, 1.54) is 14.0 Å². The lowest BCUT2D eigenvalue weighted by molar-refractivity contribution is -0.155. The van der Waals surface area contributed by atoms with Crippen molar-refractivity contribution in [2.24, 2.45) is 0 Å². The zero-order chi connectivity index (χ0) is 13.5. The molecule has 0 fully saturated rings. The molecule has 3 amide bonds. The van der Waals surface area contributed by atoms with Gasteiger partial charge in [-0.3, -0.25) is 10.1 Å². The molecule has 1 aliphatic rings. The Balaban J connectivity index is 2.46. The highest BCUT2D eigenvalue weighted by Crippen LogP contribution is 2.07. The molecule has 1 heterocycles. The second-order valence-electron chi connectivity index (χ2n) is 3.32. The van der Waals surface area contributed by atoms with Crippen LogP contribution in [0.15, 0.2) is 12.0 Å². The fourth-order valence-electron chi connectivity index (χ4n) is 1.02. The Morgan fingerprint density at radius 1 is 1.39 bits per heavy atom. The first kappa shape index (κ1) is 13.8. The Bertz CT molecular complexity index is 379. The summed E-state index contributed by atoms with van der Waals surface area (Å²) < 4.78 is 14.6. The molecule has 0 saturated heterocycles. The summed E-state index contributed by atoms with van der Waals surface area (Å²) in [6.45, 7) is 1.92. The van der Waals surface area contributed by atoms with E-state index in [2.05, 4.69) is 5.32 Å². The summed E-state index contributed by atoms with van der Waals surface area (Å²) in [7, 11) is 1.36. The van der Waals surface area contributed by atoms with E-state index in [-0.39, 0.29) is 12.4 Å². The van der Waals surface area contributed by atoms with Crippen LogP contribution in [0.1, 0.15) is 6.92 Å². The maximum atomic E-state index is 11.5. The quantitative estimate of drug-likeness (QED) is 0.646. The number of imide groups is 1. The third kappa shape index (κ3) is 3.96. The van der Waals surface area contributed by atoms with Crippen molar-refractivity contribution in [3.8, 4) is 0 Å². The van der Waals surface area contributed by atoms with Crippen molar-refractivity contribution in [2.75, 3.05) is 20.3 Å². The van der Waals surface area contributed by atoms with Gasteiger partial charge in [-0.1, -0.05) is 0 Å². The first-order valence-corrected chi connectivity index (χ1v) is 5.22. The lowest BCUT2D eigenvalue weighted by Gasteiger charge is -2.17. The topological polar surface area (TPSA) is 103 Å². The van der Waals surface area contributed by atoms with Crippen LogP contribution in [-0.4, -0.2) is 44.3 Å². The van der Waals surface area contributed by atoms with Gasteiger partial charge in [0.05, 0.1) is 0 Å². The summed E-state index contributed by atoms with van der Waals surface area (Å²) in [6, 6.07) is -0.681. The predicted octanol–water partition coefficient (Wildman–Crippen LogP) is -0.738. The van der Waals surface area contributed by atoms with Crippen LogP contribution in [0.2, 0.25) is 0 Å². The van der Waals surface area contributed by atoms with Crippen LogP contribution in [0.3, 0.4) is 0 Å². The average molecular weight is 258 g/mol. The SMILES string of the molecule is CNC(=O)NC(=O)C(C)OC(=O)C1=COCCO1. The second kappa shape index (κ2) is 6.48. The van der Waals surface area contributed by atoms with Crippen LogP contribution < -0.4 is 10.6 Å². The van der Waals surface area contributed by atoms with Gasteiger partial charge in [-0.05, 0) is 6.92 Å². The summed E-state index contributed by atoms with van der Waals surface area (Å²) in [5.74, 6) is -1.67. The van der Waals surface area contributed by atoms with Crippen LogP contribution >= 0.6 is 0 Å². The summed E-state index contributed by atoms with van der Waals surface area (Å²) in [5, 5.41) is 4.18. The number of ether oxygens (including phenoxy) is 3. The highest BCUT2D eigenvalue weighted by atomic mass is 16.6. The second-order valence-corrected chi connectivity index (χ2v) is 3.32. The van der Waals surface area contributed by atoms with E-state index in [0.29, 0.717) is 6.61 Å². The summed E-state index contributed by atoms with van der Waals surface area (Å²) in [5.41, 5.74) is 0. The largest absolute Gasteiger partial charge is 0.493 e. The first-order valence-electron chi connectivity index (χ1n) is 5.22. The Morgan fingerprint density at radius 2 is 2.11 bits per heavy atom. The van der Waals surface area contributed by atoms with Crippen LogP contribution in [0, 0.1) is 0 Å². The standard InChI is InChI=1S/C10H14N2O6/c1-6(8(13)12-10(15)11-2)18-9(14)7-5-16-3-4-17-7/h5-6H,3-4H2,1-2H3,(H2,11,12,13,15). The van der Waals surface area contributed by atoms with E-state index in [0.717, 1.165) is 6.26 Å². The molecule has 0 aromatic heterocycles. The molecule has 0 radical (unpaired) electrons. The molecular formula is C10H14N2O6. The van der Waals surface area contributed by atoms with Crippen molar-refractivity contribution < 1.29 is 28.6 Å². The lowest BCUT2D eigenvalue weighted by atomic mass is 10.3. The normalized spacial score (nSPS) is 15.3. The molecule has 18 heavy (non-hydrogen) atoms. The van der Waals surface area contributed by atoms with E-state index >= 15 is 0 Å². The Kier molecular flexibility index (Phi) is 4.97. The highest BCUT2D eigenvalue weighted by Gasteiger charge is 2.24. The molecule has 0 saturated carbocycles. The minimum atomic E-state index is -1.12. The van der Waals surface area contributed by atoms with Gasteiger partial charge in [0.25, 0.3) is 5.91 Å². The molecule has 8 nitrogen and oxygen atoms in total. The molecule has 1 unspecified atom stereocenters. The van der Waals surface area contributed by atoms with Crippen LogP contribution in [0.5, 0.6) is 0 Å². The molecule has 8 heteroatoms. The third-order valence-electron chi connectivity index (χ3n) is 1.97. The maximum absolute atomic E-state index is 11.5. The van der Waals surface area contributed by atoms with Gasteiger partial charge >= 0.3 is 12.0 Å². The molecule has 0 spiro atoms. The molecule has 2 N–H and O–H groups in total. The fourth-order valence-corrected chi connectivity index (χ4v) is 1.02. The van der Waals surface area contributed by atoms with Crippen LogP contribution in [0.4, 0.5) is 4.79 Å². The first-order chi connectivity index (χ1) is 8.54. The summed E-state index contributed by atoms with van der Waals surface area (Å²) >= 11 is 0. The third-order valence-corrected chi connectivity index (χ3v) is 1.97. The van der Waals surface area contributed by atoms with Gasteiger partial charge in [-0.2, -0.15) is 0 Å². The highest BCUT2D eigenvalue weighted by molar-refractivity contribution is 5.97. The number of hydrogen-bond donors (Lipinski definition) is 2. The van der Waals surface area contributed by atoms with E-state index < -0.39 is 24.0 Å². The molecule has 0 aromatic carbocycles. The van der Waals surface area contributed by atoms with Gasteiger partial charge < -0.3 is 19.5 Å². The smallest absolute Gasteiger partial charge is 0.377 e. The van der Waals surface area contributed by atoms with Gasteiger partial charge in [0, 0.05) is 7.05 Å². The molecule has 100 valence electrons. The van der Waals surface area contributed by atoms with E-state index in [1.54, 1.807) is 0 Å². The summed E-state index contributed by atoms with van der Waals surface area (Å²) in [4.78, 5) is 33.8. The molecule has 1 aliphatic heterocycles. The zero-order valence-electron chi connectivity index (χ0n) is 10.0. The Hall–Kier alpha value is -2.25. The Morgan fingerprint density at radius 3 is 2.67 bits per heavy atom. The molecule has 0 aromatic rings. The van der Waals surface area contributed by atoms with Crippen molar-refractivity contribution in [1.82, 2.24) is 10.6 Å². The van der Waals surface area contributed by atoms with E-state index in [9.17, 15) is 14.4 Å². The predicted molar refractivity (Wildman–Crippen MR) is 58.1 cm³/mol. The molecule has 0 bridgehead atoms. The van der Waals surface area contributed by atoms with Gasteiger partial charge in [0.2, 0.25) is 5.76 Å². The van der Waals surface area contributed by atoms with E-state index in [4.69, 9.17) is 14.2 Å². The van der Waals surface area contributed by atoms with Crippen molar-refractivity contribution in [3.63, 3.8) is 0 Å². The number of carbonyl (C=O) groups excluding carboxylic acids is 3. The molecule has 0 aliphatic carbocycles. The number of amides is 3. The minimum Gasteiger partial charge on any atom is -0.493 e. The van der Waals surface area contributed by atoms with Gasteiger partial charge in [-0.25, -0.2) is 9.59 Å². The van der Waals surface area contributed by atoms with Gasteiger partial charge in [-0.15, -0.1) is 0 Å². The van der Waals surface area contributed by atoms with Gasteiger partial charge in [0.1, 0.15) is 19.5 Å². The summed E-state index contributed by atoms with van der Waals surface area (Å²) in [6.07, 6.45) is -0.00362. The van der Waals surface area contributed by atoms with E-state index in [1.807, 2.05) is 5.32 Å². The zero-order valence-corrected chi connectivity index (χ0v) is 10.0. The maximum Gasteiger partial charge on any atom is 0.377 e. The number of nitrogens with one attached hydrogen (secondary N) is 2. The van der Waals surface area contributed by atoms with Crippen molar-refractivity contribution in [2.45, 2.75) is 13.0 Å².